The lowest BCUT2D eigenvalue weighted by Crippen LogP contribution is -2.34. The fraction of sp³-hybridized carbons (Fsp3) is 0.478. The van der Waals surface area contributed by atoms with E-state index in [0.29, 0.717) is 48.0 Å². The Hall–Kier alpha value is -2.76. The zero-order valence-electron chi connectivity index (χ0n) is 17.6. The second-order valence-corrected chi connectivity index (χ2v) is 8.23. The van der Waals surface area contributed by atoms with Crippen molar-refractivity contribution in [3.63, 3.8) is 0 Å². The lowest BCUT2D eigenvalue weighted by Gasteiger charge is -2.19. The lowest BCUT2D eigenvalue weighted by molar-refractivity contribution is -0.154. The molecule has 1 aromatic rings. The monoisotopic (exact) mass is 399 g/mol. The normalized spacial score (nSPS) is 13.9. The molecule has 0 heterocycles. The number of hydrogen-bond donors (Lipinski definition) is 1. The number of allylic oxidation sites excluding steroid dienone is 2. The molecule has 0 bridgehead atoms. The summed E-state index contributed by atoms with van der Waals surface area (Å²) in [5.41, 5.74) is 1.46. The number of hydrogen-bond acceptors (Lipinski definition) is 5. The first-order valence-electron chi connectivity index (χ1n) is 9.97. The molecule has 0 fully saturated rings. The van der Waals surface area contributed by atoms with Gasteiger partial charge in [-0.15, -0.1) is 0 Å². The van der Waals surface area contributed by atoms with Crippen molar-refractivity contribution >= 4 is 23.4 Å². The number of rotatable bonds is 8. The van der Waals surface area contributed by atoms with Gasteiger partial charge in [0.25, 0.3) is 0 Å². The van der Waals surface area contributed by atoms with Gasteiger partial charge in [-0.1, -0.05) is 30.7 Å². The van der Waals surface area contributed by atoms with E-state index in [-0.39, 0.29) is 24.0 Å². The third-order valence-corrected chi connectivity index (χ3v) is 4.66. The summed E-state index contributed by atoms with van der Waals surface area (Å²) in [4.78, 5) is 48.6. The van der Waals surface area contributed by atoms with Crippen molar-refractivity contribution < 1.29 is 23.9 Å². The number of nitrogens with one attached hydrogen (secondary N) is 1. The van der Waals surface area contributed by atoms with Crippen LogP contribution in [0.1, 0.15) is 80.5 Å². The molecule has 156 valence electrons. The number of ether oxygens (including phenoxy) is 1. The van der Waals surface area contributed by atoms with E-state index in [2.05, 4.69) is 5.32 Å². The summed E-state index contributed by atoms with van der Waals surface area (Å²) in [6.07, 6.45) is 2.93. The molecule has 0 aromatic heterocycles. The van der Waals surface area contributed by atoms with Gasteiger partial charge >= 0.3 is 5.97 Å². The van der Waals surface area contributed by atoms with Gasteiger partial charge in [0.1, 0.15) is 12.1 Å². The molecule has 2 rings (SSSR count). The number of benzene rings is 1. The van der Waals surface area contributed by atoms with Crippen LogP contribution in [-0.2, 0) is 14.3 Å². The number of fused-ring (bicyclic) bond motifs is 1. The molecule has 6 heteroatoms. The standard InChI is InChI=1S/C23H29NO5/c1-15-16(22(28)18-12-9-8-11-17(18)21(15)27)10-6-5-7-13-19(25)24-14-20(26)29-23(2,3)4/h8-9,11-12H,5-7,10,13-14H2,1-4H3,(H,24,25). The van der Waals surface area contributed by atoms with Gasteiger partial charge < -0.3 is 10.1 Å². The van der Waals surface area contributed by atoms with Crippen LogP contribution in [0.3, 0.4) is 0 Å². The molecular weight excluding hydrogens is 370 g/mol. The van der Waals surface area contributed by atoms with Crippen LogP contribution in [0.15, 0.2) is 35.4 Å². The second kappa shape index (κ2) is 9.63. The van der Waals surface area contributed by atoms with Crippen molar-refractivity contribution in [2.24, 2.45) is 0 Å². The summed E-state index contributed by atoms with van der Waals surface area (Å²) in [5, 5.41) is 2.55. The maximum absolute atomic E-state index is 12.7. The molecule has 6 nitrogen and oxygen atoms in total. The predicted molar refractivity (Wildman–Crippen MR) is 110 cm³/mol. The Labute approximate surface area is 171 Å². The summed E-state index contributed by atoms with van der Waals surface area (Å²) in [5.74, 6) is -0.831. The number of carbonyl (C=O) groups excluding carboxylic acids is 4. The van der Waals surface area contributed by atoms with Gasteiger partial charge in [0.15, 0.2) is 11.6 Å². The molecule has 1 N–H and O–H groups in total. The second-order valence-electron chi connectivity index (χ2n) is 8.23. The van der Waals surface area contributed by atoms with Crippen LogP contribution in [-0.4, -0.2) is 35.6 Å². The minimum absolute atomic E-state index is 0.0761. The Morgan fingerprint density at radius 2 is 1.59 bits per heavy atom. The van der Waals surface area contributed by atoms with Gasteiger partial charge in [0, 0.05) is 28.7 Å². The van der Waals surface area contributed by atoms with E-state index in [1.807, 2.05) is 0 Å². The van der Waals surface area contributed by atoms with Crippen LogP contribution >= 0.6 is 0 Å². The van der Waals surface area contributed by atoms with Gasteiger partial charge in [-0.05, 0) is 47.0 Å². The smallest absolute Gasteiger partial charge is 0.325 e. The van der Waals surface area contributed by atoms with Crippen LogP contribution in [0.2, 0.25) is 0 Å². The topological polar surface area (TPSA) is 89.5 Å². The predicted octanol–water partition coefficient (Wildman–Crippen LogP) is 3.79. The first kappa shape index (κ1) is 22.5. The number of unbranched alkanes of at least 4 members (excludes halogenated alkanes) is 2. The Kier molecular flexibility index (Phi) is 7.48. The number of Topliss-reactive ketones (excluding diaryl/α,β-unsaturated/α-hetero) is 2. The zero-order valence-corrected chi connectivity index (χ0v) is 17.6. The van der Waals surface area contributed by atoms with Crippen LogP contribution in [0.25, 0.3) is 0 Å². The zero-order chi connectivity index (χ0) is 21.6. The first-order chi connectivity index (χ1) is 13.6. The van der Waals surface area contributed by atoms with Gasteiger partial charge in [-0.2, -0.15) is 0 Å². The van der Waals surface area contributed by atoms with Crippen LogP contribution in [0, 0.1) is 0 Å². The molecule has 1 aliphatic carbocycles. The van der Waals surface area contributed by atoms with Gasteiger partial charge in [-0.25, -0.2) is 0 Å². The van der Waals surface area contributed by atoms with Gasteiger partial charge in [0.05, 0.1) is 0 Å². The van der Waals surface area contributed by atoms with Crippen molar-refractivity contribution in [1.29, 1.82) is 0 Å². The molecule has 0 saturated heterocycles. The summed E-state index contributed by atoms with van der Waals surface area (Å²) in [6, 6.07) is 6.90. The third kappa shape index (κ3) is 6.38. The summed E-state index contributed by atoms with van der Waals surface area (Å²) in [7, 11) is 0. The Morgan fingerprint density at radius 3 is 2.21 bits per heavy atom. The number of carbonyl (C=O) groups is 4. The number of esters is 1. The fourth-order valence-electron chi connectivity index (χ4n) is 3.25. The molecule has 0 saturated carbocycles. The molecule has 0 unspecified atom stereocenters. The van der Waals surface area contributed by atoms with E-state index in [4.69, 9.17) is 4.74 Å². The van der Waals surface area contributed by atoms with E-state index in [1.165, 1.54) is 0 Å². The van der Waals surface area contributed by atoms with Crippen molar-refractivity contribution in [2.75, 3.05) is 6.54 Å². The molecule has 1 aliphatic rings. The Balaban J connectivity index is 1.73. The summed E-state index contributed by atoms with van der Waals surface area (Å²) in [6.45, 7) is 6.88. The van der Waals surface area contributed by atoms with Gasteiger partial charge in [0.2, 0.25) is 5.91 Å². The van der Waals surface area contributed by atoms with Crippen LogP contribution in [0.5, 0.6) is 0 Å². The molecular formula is C23H29NO5. The highest BCUT2D eigenvalue weighted by atomic mass is 16.6. The van der Waals surface area contributed by atoms with E-state index in [9.17, 15) is 19.2 Å². The average Bonchev–Trinajstić information content (AvgIpc) is 2.65. The molecule has 0 spiro atoms. The first-order valence-corrected chi connectivity index (χ1v) is 9.97. The van der Waals surface area contributed by atoms with Crippen LogP contribution < -0.4 is 5.32 Å². The molecule has 29 heavy (non-hydrogen) atoms. The third-order valence-electron chi connectivity index (χ3n) is 4.66. The SMILES string of the molecule is CC1=C(CCCCCC(=O)NCC(=O)OC(C)(C)C)C(=O)c2ccccc2C1=O. The molecule has 0 atom stereocenters. The quantitative estimate of drug-likeness (QED) is 0.531. The summed E-state index contributed by atoms with van der Waals surface area (Å²) >= 11 is 0. The number of ketones is 2. The molecule has 1 amide bonds. The Morgan fingerprint density at radius 1 is 0.966 bits per heavy atom. The highest BCUT2D eigenvalue weighted by Crippen LogP contribution is 2.29. The molecule has 1 aromatic carbocycles. The van der Waals surface area contributed by atoms with E-state index in [1.54, 1.807) is 52.0 Å². The maximum Gasteiger partial charge on any atom is 0.325 e. The lowest BCUT2D eigenvalue weighted by atomic mass is 9.83. The average molecular weight is 399 g/mol. The van der Waals surface area contributed by atoms with Crippen molar-refractivity contribution in [3.05, 3.63) is 46.5 Å². The highest BCUT2D eigenvalue weighted by Gasteiger charge is 2.28. The minimum Gasteiger partial charge on any atom is -0.459 e. The summed E-state index contributed by atoms with van der Waals surface area (Å²) < 4.78 is 5.13. The maximum atomic E-state index is 12.7. The highest BCUT2D eigenvalue weighted by molar-refractivity contribution is 6.26. The van der Waals surface area contributed by atoms with Crippen molar-refractivity contribution in [2.45, 2.75) is 65.4 Å². The van der Waals surface area contributed by atoms with E-state index in [0.717, 1.165) is 6.42 Å². The Bertz CT molecular complexity index is 845. The van der Waals surface area contributed by atoms with E-state index >= 15 is 0 Å². The largest absolute Gasteiger partial charge is 0.459 e. The molecule has 0 aliphatic heterocycles. The van der Waals surface area contributed by atoms with Crippen molar-refractivity contribution in [1.82, 2.24) is 5.32 Å². The van der Waals surface area contributed by atoms with Crippen LogP contribution in [0.4, 0.5) is 0 Å². The molecule has 0 radical (unpaired) electrons. The number of amides is 1. The van der Waals surface area contributed by atoms with E-state index < -0.39 is 11.6 Å². The fourth-order valence-corrected chi connectivity index (χ4v) is 3.25. The van der Waals surface area contributed by atoms with Crippen molar-refractivity contribution in [3.8, 4) is 0 Å². The van der Waals surface area contributed by atoms with Gasteiger partial charge in [-0.3, -0.25) is 19.2 Å². The minimum atomic E-state index is -0.576.